The van der Waals surface area contributed by atoms with Crippen molar-refractivity contribution in [1.82, 2.24) is 4.57 Å². The van der Waals surface area contributed by atoms with Crippen molar-refractivity contribution in [1.29, 1.82) is 10.5 Å². The van der Waals surface area contributed by atoms with Gasteiger partial charge in [0.1, 0.15) is 0 Å². The molecule has 0 aliphatic carbocycles. The van der Waals surface area contributed by atoms with E-state index in [1.54, 1.807) is 0 Å². The zero-order chi connectivity index (χ0) is 19.2. The van der Waals surface area contributed by atoms with Crippen molar-refractivity contribution in [2.24, 2.45) is 5.92 Å². The molecule has 27 heavy (non-hydrogen) atoms. The van der Waals surface area contributed by atoms with E-state index in [-0.39, 0.29) is 0 Å². The second kappa shape index (κ2) is 8.74. The van der Waals surface area contributed by atoms with E-state index >= 15 is 0 Å². The standard InChI is InChI=1S/C24H27N3/c1-3-5-6-18(4-2)17-27-23-15-19(11-13-25)7-9-21(23)22-10-8-20(12-14-26)16-24(22)27/h7-10,15-16,18H,3-6,11-12,17H2,1-2H3. The highest BCUT2D eigenvalue weighted by Crippen LogP contribution is 2.32. The topological polar surface area (TPSA) is 52.5 Å². The molecular weight excluding hydrogens is 330 g/mol. The zero-order valence-electron chi connectivity index (χ0n) is 16.3. The molecule has 0 N–H and O–H groups in total. The van der Waals surface area contributed by atoms with Crippen molar-refractivity contribution in [3.63, 3.8) is 0 Å². The van der Waals surface area contributed by atoms with Crippen LogP contribution < -0.4 is 0 Å². The minimum Gasteiger partial charge on any atom is -0.340 e. The largest absolute Gasteiger partial charge is 0.340 e. The summed E-state index contributed by atoms with van der Waals surface area (Å²) in [5.74, 6) is 0.642. The number of unbranched alkanes of at least 4 members (excludes halogenated alkanes) is 1. The summed E-state index contributed by atoms with van der Waals surface area (Å²) in [4.78, 5) is 0. The summed E-state index contributed by atoms with van der Waals surface area (Å²) < 4.78 is 2.43. The van der Waals surface area contributed by atoms with Crippen molar-refractivity contribution in [2.45, 2.75) is 58.9 Å². The molecule has 0 bridgehead atoms. The van der Waals surface area contributed by atoms with Gasteiger partial charge in [-0.2, -0.15) is 10.5 Å². The highest BCUT2D eigenvalue weighted by molar-refractivity contribution is 6.08. The number of hydrogen-bond acceptors (Lipinski definition) is 2. The first-order valence-electron chi connectivity index (χ1n) is 9.99. The molecule has 0 saturated carbocycles. The smallest absolute Gasteiger partial charge is 0.0669 e. The Hall–Kier alpha value is -2.78. The molecule has 1 unspecified atom stereocenters. The molecule has 0 aliphatic rings. The van der Waals surface area contributed by atoms with Crippen LogP contribution in [0.15, 0.2) is 36.4 Å². The Morgan fingerprint density at radius 1 is 0.889 bits per heavy atom. The van der Waals surface area contributed by atoms with E-state index in [1.807, 2.05) is 0 Å². The number of benzene rings is 2. The van der Waals surface area contributed by atoms with Crippen LogP contribution in [0.4, 0.5) is 0 Å². The van der Waals surface area contributed by atoms with Crippen LogP contribution in [-0.4, -0.2) is 4.57 Å². The Kier molecular flexibility index (Phi) is 6.15. The van der Waals surface area contributed by atoms with Gasteiger partial charge in [0.2, 0.25) is 0 Å². The second-order valence-corrected chi connectivity index (χ2v) is 7.40. The van der Waals surface area contributed by atoms with Crippen molar-refractivity contribution in [2.75, 3.05) is 0 Å². The lowest BCUT2D eigenvalue weighted by Crippen LogP contribution is -2.10. The van der Waals surface area contributed by atoms with Gasteiger partial charge in [0.25, 0.3) is 0 Å². The molecule has 0 fully saturated rings. The molecule has 3 rings (SSSR count). The molecule has 3 heteroatoms. The summed E-state index contributed by atoms with van der Waals surface area (Å²) in [6.45, 7) is 5.51. The molecule has 2 aromatic carbocycles. The van der Waals surface area contributed by atoms with Gasteiger partial charge < -0.3 is 4.57 Å². The number of nitriles is 2. The van der Waals surface area contributed by atoms with Crippen LogP contribution in [0.2, 0.25) is 0 Å². The third-order valence-corrected chi connectivity index (χ3v) is 5.55. The van der Waals surface area contributed by atoms with Gasteiger partial charge >= 0.3 is 0 Å². The van der Waals surface area contributed by atoms with E-state index in [4.69, 9.17) is 10.5 Å². The van der Waals surface area contributed by atoms with Crippen LogP contribution in [0.25, 0.3) is 21.8 Å². The summed E-state index contributed by atoms with van der Waals surface area (Å²) in [7, 11) is 0. The fourth-order valence-electron chi connectivity index (χ4n) is 3.96. The van der Waals surface area contributed by atoms with Crippen LogP contribution in [0.1, 0.15) is 50.7 Å². The van der Waals surface area contributed by atoms with Crippen LogP contribution in [0.5, 0.6) is 0 Å². The lowest BCUT2D eigenvalue weighted by Gasteiger charge is -2.17. The van der Waals surface area contributed by atoms with E-state index in [2.05, 4.69) is 67.0 Å². The quantitative estimate of drug-likeness (QED) is 0.486. The number of aromatic nitrogens is 1. The van der Waals surface area contributed by atoms with Gasteiger partial charge in [-0.3, -0.25) is 0 Å². The predicted molar refractivity (Wildman–Crippen MR) is 111 cm³/mol. The van der Waals surface area contributed by atoms with Gasteiger partial charge in [0, 0.05) is 28.4 Å². The summed E-state index contributed by atoms with van der Waals surface area (Å²) in [5.41, 5.74) is 4.55. The SMILES string of the molecule is CCCCC(CC)Cn1c2cc(CC#N)ccc2c2ccc(CC#N)cc21. The maximum Gasteiger partial charge on any atom is 0.0669 e. The Morgan fingerprint density at radius 3 is 1.89 bits per heavy atom. The monoisotopic (exact) mass is 357 g/mol. The molecule has 0 saturated heterocycles. The zero-order valence-corrected chi connectivity index (χ0v) is 16.3. The van der Waals surface area contributed by atoms with Gasteiger partial charge in [-0.15, -0.1) is 0 Å². The van der Waals surface area contributed by atoms with Crippen LogP contribution in [0.3, 0.4) is 0 Å². The highest BCUT2D eigenvalue weighted by Gasteiger charge is 2.15. The predicted octanol–water partition coefficient (Wildman–Crippen LogP) is 6.14. The normalized spacial score (nSPS) is 12.1. The van der Waals surface area contributed by atoms with Crippen LogP contribution >= 0.6 is 0 Å². The van der Waals surface area contributed by atoms with Crippen molar-refractivity contribution < 1.29 is 0 Å². The molecule has 0 spiro atoms. The van der Waals surface area contributed by atoms with Crippen LogP contribution in [0, 0.1) is 28.6 Å². The number of rotatable bonds is 8. The Bertz CT molecular complexity index is 941. The van der Waals surface area contributed by atoms with Crippen molar-refractivity contribution in [3.05, 3.63) is 47.5 Å². The van der Waals surface area contributed by atoms with Gasteiger partial charge in [-0.05, 0) is 35.6 Å². The first kappa shape index (κ1) is 19.0. The van der Waals surface area contributed by atoms with Gasteiger partial charge in [0.15, 0.2) is 0 Å². The van der Waals surface area contributed by atoms with E-state index in [1.165, 1.54) is 41.1 Å². The van der Waals surface area contributed by atoms with Gasteiger partial charge in [-0.25, -0.2) is 0 Å². The third-order valence-electron chi connectivity index (χ3n) is 5.55. The molecule has 138 valence electrons. The fraction of sp³-hybridized carbons (Fsp3) is 0.417. The third kappa shape index (κ3) is 3.99. The Labute approximate surface area is 161 Å². The molecule has 1 atom stereocenters. The summed E-state index contributed by atoms with van der Waals surface area (Å²) >= 11 is 0. The average Bonchev–Trinajstić information content (AvgIpc) is 2.98. The molecule has 1 aromatic heterocycles. The van der Waals surface area contributed by atoms with Crippen LogP contribution in [-0.2, 0) is 19.4 Å². The minimum atomic E-state index is 0.435. The highest BCUT2D eigenvalue weighted by atomic mass is 15.0. The summed E-state index contributed by atoms with van der Waals surface area (Å²) in [6.07, 6.45) is 5.76. The van der Waals surface area contributed by atoms with E-state index in [0.717, 1.165) is 24.1 Å². The molecule has 0 aliphatic heterocycles. The number of nitrogens with zero attached hydrogens (tertiary/aromatic N) is 3. The summed E-state index contributed by atoms with van der Waals surface area (Å²) in [6, 6.07) is 17.3. The van der Waals surface area contributed by atoms with E-state index < -0.39 is 0 Å². The maximum absolute atomic E-state index is 9.09. The first-order valence-corrected chi connectivity index (χ1v) is 9.99. The molecule has 1 heterocycles. The fourth-order valence-corrected chi connectivity index (χ4v) is 3.96. The molecule has 3 aromatic rings. The minimum absolute atomic E-state index is 0.435. The molecule has 0 amide bonds. The second-order valence-electron chi connectivity index (χ2n) is 7.40. The summed E-state index contributed by atoms with van der Waals surface area (Å²) in [5, 5.41) is 20.7. The number of hydrogen-bond donors (Lipinski definition) is 0. The van der Waals surface area contributed by atoms with Crippen molar-refractivity contribution >= 4 is 21.8 Å². The average molecular weight is 358 g/mol. The van der Waals surface area contributed by atoms with Gasteiger partial charge in [0.05, 0.1) is 25.0 Å². The van der Waals surface area contributed by atoms with E-state index in [0.29, 0.717) is 18.8 Å². The first-order chi connectivity index (χ1) is 13.2. The van der Waals surface area contributed by atoms with E-state index in [9.17, 15) is 0 Å². The molecule has 3 nitrogen and oxygen atoms in total. The Morgan fingerprint density at radius 2 is 1.44 bits per heavy atom. The lowest BCUT2D eigenvalue weighted by molar-refractivity contribution is 0.401. The number of fused-ring (bicyclic) bond motifs is 3. The van der Waals surface area contributed by atoms with Crippen molar-refractivity contribution in [3.8, 4) is 12.1 Å². The molecule has 0 radical (unpaired) electrons. The maximum atomic E-state index is 9.09. The molecular formula is C24H27N3. The lowest BCUT2D eigenvalue weighted by atomic mass is 9.99. The Balaban J connectivity index is 2.17. The van der Waals surface area contributed by atoms with Gasteiger partial charge in [-0.1, -0.05) is 57.4 Å².